The lowest BCUT2D eigenvalue weighted by Gasteiger charge is -2.20. The summed E-state index contributed by atoms with van der Waals surface area (Å²) >= 11 is 0. The molecule has 0 radical (unpaired) electrons. The van der Waals surface area contributed by atoms with Crippen LogP contribution >= 0.6 is 0 Å². The Hall–Kier alpha value is -3.64. The maximum atomic E-state index is 12.6. The van der Waals surface area contributed by atoms with E-state index in [0.717, 1.165) is 12.0 Å². The zero-order valence-electron chi connectivity index (χ0n) is 19.5. The molecule has 3 rings (SSSR count). The van der Waals surface area contributed by atoms with Gasteiger partial charge in [-0.25, -0.2) is 0 Å². The van der Waals surface area contributed by atoms with Crippen LogP contribution < -0.4 is 20.7 Å². The third kappa shape index (κ3) is 6.43. The highest BCUT2D eigenvalue weighted by Gasteiger charge is 2.17. The van der Waals surface area contributed by atoms with Gasteiger partial charge >= 0.3 is 0 Å². The van der Waals surface area contributed by atoms with Gasteiger partial charge in [0.05, 0.1) is 18.8 Å². The zero-order valence-corrected chi connectivity index (χ0v) is 19.5. The molecule has 3 aromatic carbocycles. The maximum absolute atomic E-state index is 12.6. The molecule has 3 aromatic rings. The zero-order chi connectivity index (χ0) is 23.8. The molecule has 0 saturated carbocycles. The van der Waals surface area contributed by atoms with E-state index >= 15 is 0 Å². The molecule has 2 amide bonds. The summed E-state index contributed by atoms with van der Waals surface area (Å²) in [5, 5.41) is 9.07. The van der Waals surface area contributed by atoms with Crippen LogP contribution in [0.5, 0.6) is 5.75 Å². The van der Waals surface area contributed by atoms with Crippen molar-refractivity contribution >= 4 is 23.2 Å². The molecular weight excluding hydrogens is 414 g/mol. The first-order valence-corrected chi connectivity index (χ1v) is 11.1. The molecule has 3 N–H and O–H groups in total. The lowest BCUT2D eigenvalue weighted by molar-refractivity contribution is -0.117. The standard InChI is InChI=1S/C27H31N3O3/c1-5-20-10-12-21(13-11-20)18(2)28-19(3)26(31)29-23-16-14-22(15-17-23)27(32)30-24-8-6-7-9-25(24)33-4/h6-19,28H,5H2,1-4H3,(H,29,31)(H,30,32)/t18-,19+/m0/s1. The molecule has 0 aliphatic heterocycles. The first kappa shape index (κ1) is 24.0. The molecular formula is C27H31N3O3. The number of hydrogen-bond acceptors (Lipinski definition) is 4. The second-order valence-corrected chi connectivity index (χ2v) is 7.93. The number of benzene rings is 3. The van der Waals surface area contributed by atoms with E-state index in [-0.39, 0.29) is 23.9 Å². The lowest BCUT2D eigenvalue weighted by atomic mass is 10.0. The van der Waals surface area contributed by atoms with E-state index < -0.39 is 0 Å². The topological polar surface area (TPSA) is 79.5 Å². The minimum Gasteiger partial charge on any atom is -0.495 e. The summed E-state index contributed by atoms with van der Waals surface area (Å²) in [4.78, 5) is 25.2. The van der Waals surface area contributed by atoms with E-state index in [1.165, 1.54) is 5.56 Å². The number of anilines is 2. The molecule has 0 aliphatic rings. The van der Waals surface area contributed by atoms with Gasteiger partial charge in [-0.15, -0.1) is 0 Å². The third-order valence-electron chi connectivity index (χ3n) is 5.55. The Morgan fingerprint density at radius 1 is 0.879 bits per heavy atom. The fourth-order valence-electron chi connectivity index (χ4n) is 3.49. The fourth-order valence-corrected chi connectivity index (χ4v) is 3.49. The molecule has 6 nitrogen and oxygen atoms in total. The summed E-state index contributed by atoms with van der Waals surface area (Å²) < 4.78 is 5.27. The van der Waals surface area contributed by atoms with Crippen LogP contribution in [0, 0.1) is 0 Å². The van der Waals surface area contributed by atoms with Crippen LogP contribution in [-0.2, 0) is 11.2 Å². The Balaban J connectivity index is 1.55. The number of para-hydroxylation sites is 2. The van der Waals surface area contributed by atoms with Gasteiger partial charge in [0.25, 0.3) is 5.91 Å². The van der Waals surface area contributed by atoms with Crippen LogP contribution in [0.4, 0.5) is 11.4 Å². The molecule has 0 aliphatic carbocycles. The van der Waals surface area contributed by atoms with Gasteiger partial charge < -0.3 is 15.4 Å². The Morgan fingerprint density at radius 3 is 2.18 bits per heavy atom. The summed E-state index contributed by atoms with van der Waals surface area (Å²) in [5.74, 6) is 0.195. The molecule has 172 valence electrons. The highest BCUT2D eigenvalue weighted by atomic mass is 16.5. The minimum absolute atomic E-state index is 0.0395. The average molecular weight is 446 g/mol. The van der Waals surface area contributed by atoms with Gasteiger partial charge in [0, 0.05) is 17.3 Å². The summed E-state index contributed by atoms with van der Waals surface area (Å²) in [6.07, 6.45) is 1.00. The van der Waals surface area contributed by atoms with Gasteiger partial charge in [0.1, 0.15) is 5.75 Å². The van der Waals surface area contributed by atoms with Crippen LogP contribution in [0.3, 0.4) is 0 Å². The minimum atomic E-state index is -0.389. The van der Waals surface area contributed by atoms with E-state index in [1.54, 1.807) is 43.5 Å². The van der Waals surface area contributed by atoms with E-state index in [9.17, 15) is 9.59 Å². The van der Waals surface area contributed by atoms with Crippen molar-refractivity contribution in [1.82, 2.24) is 5.32 Å². The second kappa shape index (κ2) is 11.3. The van der Waals surface area contributed by atoms with Crippen molar-refractivity contribution in [2.75, 3.05) is 17.7 Å². The van der Waals surface area contributed by atoms with Crippen LogP contribution in [0.2, 0.25) is 0 Å². The van der Waals surface area contributed by atoms with Crippen molar-refractivity contribution in [2.45, 2.75) is 39.3 Å². The van der Waals surface area contributed by atoms with Gasteiger partial charge in [-0.3, -0.25) is 14.9 Å². The van der Waals surface area contributed by atoms with Crippen LogP contribution in [0.25, 0.3) is 0 Å². The Kier molecular flexibility index (Phi) is 8.22. The normalized spacial score (nSPS) is 12.5. The first-order valence-electron chi connectivity index (χ1n) is 11.1. The molecule has 0 saturated heterocycles. The second-order valence-electron chi connectivity index (χ2n) is 7.93. The van der Waals surface area contributed by atoms with Crippen molar-refractivity contribution in [3.8, 4) is 5.75 Å². The Bertz CT molecular complexity index is 1080. The molecule has 2 atom stereocenters. The van der Waals surface area contributed by atoms with Crippen molar-refractivity contribution in [1.29, 1.82) is 0 Å². The largest absolute Gasteiger partial charge is 0.495 e. The number of ether oxygens (including phenoxy) is 1. The SMILES string of the molecule is CCc1ccc([C@H](C)N[C@H](C)C(=O)Nc2ccc(C(=O)Nc3ccccc3OC)cc2)cc1. The monoisotopic (exact) mass is 445 g/mol. The quantitative estimate of drug-likeness (QED) is 0.424. The van der Waals surface area contributed by atoms with Gasteiger partial charge in [0.2, 0.25) is 5.91 Å². The summed E-state index contributed by atoms with van der Waals surface area (Å²) in [5.41, 5.74) is 4.13. The molecule has 0 heterocycles. The van der Waals surface area contributed by atoms with Gasteiger partial charge in [-0.2, -0.15) is 0 Å². The molecule has 0 bridgehead atoms. The summed E-state index contributed by atoms with van der Waals surface area (Å²) in [7, 11) is 1.56. The Labute approximate surface area is 195 Å². The molecule has 0 spiro atoms. The van der Waals surface area contributed by atoms with E-state index in [0.29, 0.717) is 22.7 Å². The van der Waals surface area contributed by atoms with Crippen LogP contribution in [0.15, 0.2) is 72.8 Å². The number of amides is 2. The fraction of sp³-hybridized carbons (Fsp3) is 0.259. The summed E-state index contributed by atoms with van der Waals surface area (Å²) in [6.45, 7) is 6.00. The van der Waals surface area contributed by atoms with E-state index in [4.69, 9.17) is 4.74 Å². The maximum Gasteiger partial charge on any atom is 0.255 e. The number of hydrogen-bond donors (Lipinski definition) is 3. The molecule has 0 unspecified atom stereocenters. The van der Waals surface area contributed by atoms with E-state index in [1.807, 2.05) is 26.0 Å². The predicted octanol–water partition coefficient (Wildman–Crippen LogP) is 5.19. The summed E-state index contributed by atoms with van der Waals surface area (Å²) in [6, 6.07) is 22.1. The number of carbonyl (C=O) groups excluding carboxylic acids is 2. The number of nitrogens with one attached hydrogen (secondary N) is 3. The van der Waals surface area contributed by atoms with Crippen LogP contribution in [0.1, 0.15) is 48.3 Å². The van der Waals surface area contributed by atoms with Gasteiger partial charge in [0.15, 0.2) is 0 Å². The molecule has 0 fully saturated rings. The Morgan fingerprint density at radius 2 is 1.55 bits per heavy atom. The van der Waals surface area contributed by atoms with Crippen molar-refractivity contribution in [2.24, 2.45) is 0 Å². The predicted molar refractivity (Wildman–Crippen MR) is 133 cm³/mol. The van der Waals surface area contributed by atoms with Gasteiger partial charge in [-0.1, -0.05) is 43.3 Å². The first-order chi connectivity index (χ1) is 15.9. The van der Waals surface area contributed by atoms with Crippen molar-refractivity contribution in [3.05, 3.63) is 89.5 Å². The highest BCUT2D eigenvalue weighted by Crippen LogP contribution is 2.24. The third-order valence-corrected chi connectivity index (χ3v) is 5.55. The molecule has 33 heavy (non-hydrogen) atoms. The van der Waals surface area contributed by atoms with E-state index in [2.05, 4.69) is 47.1 Å². The molecule has 6 heteroatoms. The number of methoxy groups -OCH3 is 1. The highest BCUT2D eigenvalue weighted by molar-refractivity contribution is 6.05. The van der Waals surface area contributed by atoms with Crippen molar-refractivity contribution < 1.29 is 14.3 Å². The van der Waals surface area contributed by atoms with Gasteiger partial charge in [-0.05, 0) is 67.8 Å². The molecule has 0 aromatic heterocycles. The number of aryl methyl sites for hydroxylation is 1. The number of carbonyl (C=O) groups is 2. The van der Waals surface area contributed by atoms with Crippen molar-refractivity contribution in [3.63, 3.8) is 0 Å². The number of rotatable bonds is 9. The lowest BCUT2D eigenvalue weighted by Crippen LogP contribution is -2.39. The smallest absolute Gasteiger partial charge is 0.255 e. The van der Waals surface area contributed by atoms with Crippen LogP contribution in [-0.4, -0.2) is 25.0 Å². The average Bonchev–Trinajstić information content (AvgIpc) is 2.84.